The van der Waals surface area contributed by atoms with Gasteiger partial charge in [0.05, 0.1) is 6.04 Å². The van der Waals surface area contributed by atoms with E-state index in [1.54, 1.807) is 0 Å². The van der Waals surface area contributed by atoms with Crippen LogP contribution in [0.4, 0.5) is 0 Å². The van der Waals surface area contributed by atoms with Crippen molar-refractivity contribution in [3.05, 3.63) is 45.4 Å². The molecule has 1 rings (SSSR count). The van der Waals surface area contributed by atoms with Crippen molar-refractivity contribution < 1.29 is 0 Å². The van der Waals surface area contributed by atoms with E-state index in [9.17, 15) is 0 Å². The first-order valence-corrected chi connectivity index (χ1v) is 5.05. The van der Waals surface area contributed by atoms with Crippen molar-refractivity contribution in [3.8, 4) is 0 Å². The Labute approximate surface area is 91.7 Å². The van der Waals surface area contributed by atoms with Crippen LogP contribution < -0.4 is 5.73 Å². The van der Waals surface area contributed by atoms with Gasteiger partial charge in [0.1, 0.15) is 0 Å². The molecule has 0 saturated carbocycles. The summed E-state index contributed by atoms with van der Waals surface area (Å²) in [5.41, 5.74) is 7.71. The molecule has 0 radical (unpaired) electrons. The van der Waals surface area contributed by atoms with Crippen LogP contribution in [0.3, 0.4) is 0 Å². The standard InChI is InChI=1S/C10H11BrClN/c1-6(2)10(13)8-5-7(11)3-4-9(8)12/h3-5,10H,1,13H2,2H3. The van der Waals surface area contributed by atoms with E-state index in [4.69, 9.17) is 17.3 Å². The van der Waals surface area contributed by atoms with Crippen molar-refractivity contribution in [1.82, 2.24) is 0 Å². The Morgan fingerprint density at radius 2 is 2.23 bits per heavy atom. The minimum atomic E-state index is -0.190. The van der Waals surface area contributed by atoms with Crippen LogP contribution in [0.25, 0.3) is 0 Å². The van der Waals surface area contributed by atoms with Gasteiger partial charge in [-0.2, -0.15) is 0 Å². The van der Waals surface area contributed by atoms with Crippen LogP contribution in [0.5, 0.6) is 0 Å². The SMILES string of the molecule is C=C(C)C(N)c1cc(Br)ccc1Cl. The highest BCUT2D eigenvalue weighted by molar-refractivity contribution is 9.10. The van der Waals surface area contributed by atoms with Crippen molar-refractivity contribution in [2.24, 2.45) is 5.73 Å². The van der Waals surface area contributed by atoms with Crippen LogP contribution in [0.2, 0.25) is 5.02 Å². The fourth-order valence-corrected chi connectivity index (χ4v) is 1.63. The van der Waals surface area contributed by atoms with E-state index >= 15 is 0 Å². The molecule has 70 valence electrons. The predicted octanol–water partition coefficient (Wildman–Crippen LogP) is 3.68. The van der Waals surface area contributed by atoms with Gasteiger partial charge in [0.15, 0.2) is 0 Å². The third-order valence-electron chi connectivity index (χ3n) is 1.82. The molecule has 1 unspecified atom stereocenters. The van der Waals surface area contributed by atoms with Gasteiger partial charge in [-0.15, -0.1) is 0 Å². The summed E-state index contributed by atoms with van der Waals surface area (Å²) < 4.78 is 0.976. The van der Waals surface area contributed by atoms with E-state index in [2.05, 4.69) is 22.5 Å². The average Bonchev–Trinajstić information content (AvgIpc) is 2.08. The molecule has 0 bridgehead atoms. The number of hydrogen-bond acceptors (Lipinski definition) is 1. The first-order chi connectivity index (χ1) is 6.02. The number of hydrogen-bond donors (Lipinski definition) is 1. The highest BCUT2D eigenvalue weighted by atomic mass is 79.9. The molecule has 0 aliphatic rings. The van der Waals surface area contributed by atoms with Gasteiger partial charge in [-0.25, -0.2) is 0 Å². The smallest absolute Gasteiger partial charge is 0.0520 e. The van der Waals surface area contributed by atoms with Crippen LogP contribution in [0.15, 0.2) is 34.8 Å². The van der Waals surface area contributed by atoms with Crippen LogP contribution in [-0.2, 0) is 0 Å². The molecule has 0 spiro atoms. The fourth-order valence-electron chi connectivity index (χ4n) is 1.02. The molecule has 1 aromatic rings. The Morgan fingerprint density at radius 3 is 2.77 bits per heavy atom. The van der Waals surface area contributed by atoms with Crippen molar-refractivity contribution in [1.29, 1.82) is 0 Å². The van der Waals surface area contributed by atoms with Crippen molar-refractivity contribution in [2.45, 2.75) is 13.0 Å². The molecule has 1 nitrogen and oxygen atoms in total. The van der Waals surface area contributed by atoms with Crippen LogP contribution in [-0.4, -0.2) is 0 Å². The third-order valence-corrected chi connectivity index (χ3v) is 2.66. The summed E-state index contributed by atoms with van der Waals surface area (Å²) in [4.78, 5) is 0. The average molecular weight is 261 g/mol. The molecular formula is C10H11BrClN. The summed E-state index contributed by atoms with van der Waals surface area (Å²) in [6.45, 7) is 5.69. The van der Waals surface area contributed by atoms with Gasteiger partial charge in [0, 0.05) is 9.50 Å². The Bertz CT molecular complexity index is 336. The zero-order valence-electron chi connectivity index (χ0n) is 7.35. The van der Waals surface area contributed by atoms with Gasteiger partial charge in [0.2, 0.25) is 0 Å². The molecule has 0 aliphatic carbocycles. The van der Waals surface area contributed by atoms with Crippen LogP contribution in [0.1, 0.15) is 18.5 Å². The van der Waals surface area contributed by atoms with Crippen LogP contribution in [0, 0.1) is 0 Å². The van der Waals surface area contributed by atoms with Crippen molar-refractivity contribution >= 4 is 27.5 Å². The topological polar surface area (TPSA) is 26.0 Å². The molecule has 0 aromatic heterocycles. The molecule has 0 aliphatic heterocycles. The fraction of sp³-hybridized carbons (Fsp3) is 0.200. The van der Waals surface area contributed by atoms with Crippen LogP contribution >= 0.6 is 27.5 Å². The Morgan fingerprint density at radius 1 is 1.62 bits per heavy atom. The molecule has 0 fully saturated rings. The summed E-state index contributed by atoms with van der Waals surface area (Å²) >= 11 is 9.36. The molecule has 2 N–H and O–H groups in total. The molecule has 1 aromatic carbocycles. The Balaban J connectivity index is 3.12. The van der Waals surface area contributed by atoms with E-state index in [-0.39, 0.29) is 6.04 Å². The van der Waals surface area contributed by atoms with Crippen molar-refractivity contribution in [2.75, 3.05) is 0 Å². The summed E-state index contributed by atoms with van der Waals surface area (Å²) in [7, 11) is 0. The highest BCUT2D eigenvalue weighted by Gasteiger charge is 2.10. The second-order valence-electron chi connectivity index (χ2n) is 2.99. The first kappa shape index (κ1) is 10.8. The lowest BCUT2D eigenvalue weighted by molar-refractivity contribution is 0.850. The summed E-state index contributed by atoms with van der Waals surface area (Å²) in [5.74, 6) is 0. The summed E-state index contributed by atoms with van der Waals surface area (Å²) in [5, 5.41) is 0.679. The third kappa shape index (κ3) is 2.56. The van der Waals surface area contributed by atoms with E-state index < -0.39 is 0 Å². The maximum absolute atomic E-state index is 5.99. The van der Waals surface area contributed by atoms with Gasteiger partial charge in [-0.05, 0) is 30.7 Å². The number of benzene rings is 1. The zero-order valence-corrected chi connectivity index (χ0v) is 9.69. The molecular weight excluding hydrogens is 249 g/mol. The Hall–Kier alpha value is -0.310. The second-order valence-corrected chi connectivity index (χ2v) is 4.31. The normalized spacial score (nSPS) is 12.6. The lowest BCUT2D eigenvalue weighted by atomic mass is 10.0. The minimum Gasteiger partial charge on any atom is -0.321 e. The molecule has 0 saturated heterocycles. The van der Waals surface area contributed by atoms with E-state index in [1.165, 1.54) is 0 Å². The summed E-state index contributed by atoms with van der Waals surface area (Å²) in [6.07, 6.45) is 0. The number of rotatable bonds is 2. The monoisotopic (exact) mass is 259 g/mol. The number of nitrogens with two attached hydrogens (primary N) is 1. The maximum atomic E-state index is 5.99. The predicted molar refractivity (Wildman–Crippen MR) is 60.9 cm³/mol. The maximum Gasteiger partial charge on any atom is 0.0520 e. The van der Waals surface area contributed by atoms with E-state index in [0.717, 1.165) is 15.6 Å². The van der Waals surface area contributed by atoms with E-state index in [1.807, 2.05) is 25.1 Å². The molecule has 13 heavy (non-hydrogen) atoms. The minimum absolute atomic E-state index is 0.190. The first-order valence-electron chi connectivity index (χ1n) is 3.88. The molecule has 1 atom stereocenters. The summed E-state index contributed by atoms with van der Waals surface area (Å²) in [6, 6.07) is 5.44. The highest BCUT2D eigenvalue weighted by Crippen LogP contribution is 2.28. The quantitative estimate of drug-likeness (QED) is 0.807. The van der Waals surface area contributed by atoms with Gasteiger partial charge in [0.25, 0.3) is 0 Å². The van der Waals surface area contributed by atoms with Gasteiger partial charge < -0.3 is 5.73 Å². The lowest BCUT2D eigenvalue weighted by Gasteiger charge is -2.13. The zero-order chi connectivity index (χ0) is 10.0. The van der Waals surface area contributed by atoms with Gasteiger partial charge in [-0.3, -0.25) is 0 Å². The largest absolute Gasteiger partial charge is 0.321 e. The molecule has 0 heterocycles. The van der Waals surface area contributed by atoms with Crippen molar-refractivity contribution in [3.63, 3.8) is 0 Å². The Kier molecular flexibility index (Phi) is 3.54. The van der Waals surface area contributed by atoms with Gasteiger partial charge in [-0.1, -0.05) is 39.7 Å². The lowest BCUT2D eigenvalue weighted by Crippen LogP contribution is -2.11. The van der Waals surface area contributed by atoms with E-state index in [0.29, 0.717) is 5.02 Å². The molecule has 0 amide bonds. The van der Waals surface area contributed by atoms with Gasteiger partial charge >= 0.3 is 0 Å². The number of halogens is 2. The second kappa shape index (κ2) is 4.27. The molecule has 3 heteroatoms.